The van der Waals surface area contributed by atoms with Crippen molar-refractivity contribution in [2.75, 3.05) is 6.61 Å². The molecule has 0 saturated carbocycles. The van der Waals surface area contributed by atoms with Gasteiger partial charge in [0.25, 0.3) is 0 Å². The molecule has 0 radical (unpaired) electrons. The minimum Gasteiger partial charge on any atom is -0.392 e. The van der Waals surface area contributed by atoms with Crippen LogP contribution in [0.1, 0.15) is 51.4 Å². The lowest BCUT2D eigenvalue weighted by Gasteiger charge is -2.24. The molecule has 0 bridgehead atoms. The first-order valence-corrected chi connectivity index (χ1v) is 6.09. The van der Waals surface area contributed by atoms with E-state index < -0.39 is 6.10 Å². The van der Waals surface area contributed by atoms with Crippen LogP contribution in [-0.2, 0) is 11.2 Å². The molecule has 5 heteroatoms. The van der Waals surface area contributed by atoms with Crippen LogP contribution >= 0.6 is 0 Å². The zero-order chi connectivity index (χ0) is 12.5. The third kappa shape index (κ3) is 3.04. The third-order valence-corrected chi connectivity index (χ3v) is 3.07. The zero-order valence-corrected chi connectivity index (χ0v) is 10.6. The van der Waals surface area contributed by atoms with Crippen LogP contribution in [0.2, 0.25) is 0 Å². The van der Waals surface area contributed by atoms with Gasteiger partial charge in [-0.2, -0.15) is 4.98 Å². The fourth-order valence-electron chi connectivity index (χ4n) is 1.73. The van der Waals surface area contributed by atoms with E-state index in [1.54, 1.807) is 0 Å². The Morgan fingerprint density at radius 2 is 2.24 bits per heavy atom. The highest BCUT2D eigenvalue weighted by molar-refractivity contribution is 4.95. The summed E-state index contributed by atoms with van der Waals surface area (Å²) in [5, 5.41) is 13.9. The summed E-state index contributed by atoms with van der Waals surface area (Å²) in [7, 11) is 0. The second-order valence-corrected chi connectivity index (χ2v) is 5.63. The minimum absolute atomic E-state index is 0.0284. The molecule has 1 fully saturated rings. The van der Waals surface area contributed by atoms with E-state index in [2.05, 4.69) is 10.1 Å². The molecule has 2 unspecified atom stereocenters. The highest BCUT2D eigenvalue weighted by Gasteiger charge is 2.27. The molecule has 0 aromatic carbocycles. The number of ether oxygens (including phenoxy) is 1. The van der Waals surface area contributed by atoms with E-state index in [9.17, 15) is 5.11 Å². The molecule has 1 N–H and O–H groups in total. The Balaban J connectivity index is 1.98. The van der Waals surface area contributed by atoms with Crippen molar-refractivity contribution in [3.63, 3.8) is 0 Å². The lowest BCUT2D eigenvalue weighted by atomic mass is 9.87. The first kappa shape index (κ1) is 12.5. The van der Waals surface area contributed by atoms with Crippen LogP contribution < -0.4 is 0 Å². The van der Waals surface area contributed by atoms with E-state index in [0.29, 0.717) is 18.1 Å². The van der Waals surface area contributed by atoms with E-state index in [1.165, 1.54) is 0 Å². The van der Waals surface area contributed by atoms with E-state index in [1.807, 2.05) is 20.8 Å². The van der Waals surface area contributed by atoms with Gasteiger partial charge in [0.2, 0.25) is 11.7 Å². The van der Waals surface area contributed by atoms with Crippen molar-refractivity contribution < 1.29 is 14.4 Å². The molecule has 96 valence electrons. The van der Waals surface area contributed by atoms with Crippen molar-refractivity contribution in [1.29, 1.82) is 0 Å². The fraction of sp³-hybridized carbons (Fsp3) is 0.833. The molecule has 0 aliphatic carbocycles. The lowest BCUT2D eigenvalue weighted by Crippen LogP contribution is -2.28. The quantitative estimate of drug-likeness (QED) is 0.873. The molecule has 2 rings (SSSR count). The highest BCUT2D eigenvalue weighted by Crippen LogP contribution is 2.27. The summed E-state index contributed by atoms with van der Waals surface area (Å²) in [6.07, 6.45) is 1.86. The van der Waals surface area contributed by atoms with Crippen LogP contribution in [0.3, 0.4) is 0 Å². The van der Waals surface area contributed by atoms with E-state index in [4.69, 9.17) is 9.26 Å². The van der Waals surface area contributed by atoms with Gasteiger partial charge in [-0.15, -0.1) is 0 Å². The van der Waals surface area contributed by atoms with E-state index in [0.717, 1.165) is 19.4 Å². The topological polar surface area (TPSA) is 68.4 Å². The van der Waals surface area contributed by atoms with Gasteiger partial charge in [0.05, 0.1) is 12.5 Å². The number of aliphatic hydroxyl groups excluding tert-OH is 1. The van der Waals surface area contributed by atoms with Crippen LogP contribution in [0.15, 0.2) is 4.52 Å². The monoisotopic (exact) mass is 240 g/mol. The molecule has 0 amide bonds. The largest absolute Gasteiger partial charge is 0.392 e. The van der Waals surface area contributed by atoms with Crippen LogP contribution in [0, 0.1) is 5.41 Å². The zero-order valence-electron chi connectivity index (χ0n) is 10.6. The smallest absolute Gasteiger partial charge is 0.229 e. The molecule has 5 nitrogen and oxygen atoms in total. The second kappa shape index (κ2) is 4.74. The number of aliphatic hydroxyl groups is 1. The summed E-state index contributed by atoms with van der Waals surface area (Å²) in [6, 6.07) is 0. The van der Waals surface area contributed by atoms with Crippen molar-refractivity contribution in [1.82, 2.24) is 10.1 Å². The maximum atomic E-state index is 9.95. The van der Waals surface area contributed by atoms with Crippen molar-refractivity contribution in [2.45, 2.75) is 52.2 Å². The maximum Gasteiger partial charge on any atom is 0.229 e. The van der Waals surface area contributed by atoms with Gasteiger partial charge < -0.3 is 14.4 Å². The number of hydrogen-bond donors (Lipinski definition) is 1. The average molecular weight is 240 g/mol. The maximum absolute atomic E-state index is 9.95. The predicted molar refractivity (Wildman–Crippen MR) is 61.4 cm³/mol. The molecule has 1 aliphatic rings. The Kier molecular flexibility index (Phi) is 3.49. The molecule has 0 spiro atoms. The Morgan fingerprint density at radius 3 is 2.82 bits per heavy atom. The fourth-order valence-corrected chi connectivity index (χ4v) is 1.73. The van der Waals surface area contributed by atoms with Crippen LogP contribution in [0.25, 0.3) is 0 Å². The van der Waals surface area contributed by atoms with Crippen LogP contribution in [0.4, 0.5) is 0 Å². The van der Waals surface area contributed by atoms with Crippen molar-refractivity contribution in [3.8, 4) is 0 Å². The first-order valence-electron chi connectivity index (χ1n) is 6.09. The molecule has 2 atom stereocenters. The minimum atomic E-state index is -0.486. The molecule has 1 aliphatic heterocycles. The average Bonchev–Trinajstić information content (AvgIpc) is 2.83. The molecule has 1 aromatic rings. The number of hydrogen-bond acceptors (Lipinski definition) is 5. The van der Waals surface area contributed by atoms with Gasteiger partial charge in [-0.3, -0.25) is 0 Å². The first-order chi connectivity index (χ1) is 7.97. The lowest BCUT2D eigenvalue weighted by molar-refractivity contribution is 0.0565. The van der Waals surface area contributed by atoms with E-state index >= 15 is 0 Å². The number of rotatable bonds is 3. The van der Waals surface area contributed by atoms with Crippen molar-refractivity contribution >= 4 is 0 Å². The van der Waals surface area contributed by atoms with Gasteiger partial charge in [-0.25, -0.2) is 0 Å². The van der Waals surface area contributed by atoms with Gasteiger partial charge >= 0.3 is 0 Å². The predicted octanol–water partition coefficient (Wildman–Crippen LogP) is 1.87. The molecule has 17 heavy (non-hydrogen) atoms. The third-order valence-electron chi connectivity index (χ3n) is 3.07. The summed E-state index contributed by atoms with van der Waals surface area (Å²) < 4.78 is 10.6. The molecule has 1 aromatic heterocycles. The number of aromatic nitrogens is 2. The van der Waals surface area contributed by atoms with Gasteiger partial charge in [0.15, 0.2) is 0 Å². The Morgan fingerprint density at radius 1 is 1.47 bits per heavy atom. The van der Waals surface area contributed by atoms with Crippen LogP contribution in [-0.4, -0.2) is 28.0 Å². The van der Waals surface area contributed by atoms with Crippen LogP contribution in [0.5, 0.6) is 0 Å². The summed E-state index contributed by atoms with van der Waals surface area (Å²) in [5.41, 5.74) is -0.182. The second-order valence-electron chi connectivity index (χ2n) is 5.63. The Hall–Kier alpha value is -0.940. The standard InChI is InChI=1S/C12H20N2O3/c1-12(2,3)9(15)7-10-13-11(14-17-10)8-5-4-6-16-8/h8-9,15H,4-7H2,1-3H3. The molecular formula is C12H20N2O3. The summed E-state index contributed by atoms with van der Waals surface area (Å²) >= 11 is 0. The molecule has 1 saturated heterocycles. The summed E-state index contributed by atoms with van der Waals surface area (Å²) in [6.45, 7) is 6.71. The van der Waals surface area contributed by atoms with Gasteiger partial charge in [0, 0.05) is 6.61 Å². The van der Waals surface area contributed by atoms with Gasteiger partial charge in [0.1, 0.15) is 6.10 Å². The SMILES string of the molecule is CC(C)(C)C(O)Cc1nc(C2CCCO2)no1. The van der Waals surface area contributed by atoms with Crippen molar-refractivity contribution in [2.24, 2.45) is 5.41 Å². The van der Waals surface area contributed by atoms with E-state index in [-0.39, 0.29) is 11.5 Å². The summed E-state index contributed by atoms with van der Waals surface area (Å²) in [5.74, 6) is 1.09. The molecular weight excluding hydrogens is 220 g/mol. The summed E-state index contributed by atoms with van der Waals surface area (Å²) in [4.78, 5) is 4.28. The molecule has 2 heterocycles. The Labute approximate surface area is 101 Å². The number of nitrogens with zero attached hydrogens (tertiary/aromatic N) is 2. The normalized spacial score (nSPS) is 22.9. The van der Waals surface area contributed by atoms with Gasteiger partial charge in [-0.1, -0.05) is 25.9 Å². The highest BCUT2D eigenvalue weighted by atomic mass is 16.5. The van der Waals surface area contributed by atoms with Crippen molar-refractivity contribution in [3.05, 3.63) is 11.7 Å². The Bertz CT molecular complexity index is 364. The van der Waals surface area contributed by atoms with Gasteiger partial charge in [-0.05, 0) is 18.3 Å².